The van der Waals surface area contributed by atoms with E-state index in [1.807, 2.05) is 6.92 Å². The van der Waals surface area contributed by atoms with Crippen LogP contribution in [0.15, 0.2) is 4.52 Å². The van der Waals surface area contributed by atoms with Crippen molar-refractivity contribution in [3.63, 3.8) is 0 Å². The number of hydrogen-bond acceptors (Lipinski definition) is 6. The summed E-state index contributed by atoms with van der Waals surface area (Å²) in [5.41, 5.74) is 0.326. The molecule has 0 radical (unpaired) electrons. The van der Waals surface area contributed by atoms with E-state index < -0.39 is 0 Å². The lowest BCUT2D eigenvalue weighted by Crippen LogP contribution is -2.50. The third kappa shape index (κ3) is 3.19. The lowest BCUT2D eigenvalue weighted by molar-refractivity contribution is -0.135. The molecule has 25 heavy (non-hydrogen) atoms. The van der Waals surface area contributed by atoms with E-state index in [9.17, 15) is 4.79 Å². The van der Waals surface area contributed by atoms with Crippen molar-refractivity contribution in [3.8, 4) is 0 Å². The fraction of sp³-hybridized carbons (Fsp3) is 0.833. The average molecular weight is 347 g/mol. The van der Waals surface area contributed by atoms with Crippen LogP contribution in [0, 0.1) is 11.3 Å². The van der Waals surface area contributed by atoms with Gasteiger partial charge in [0.15, 0.2) is 5.82 Å². The van der Waals surface area contributed by atoms with Crippen LogP contribution in [0.1, 0.15) is 50.9 Å². The summed E-state index contributed by atoms with van der Waals surface area (Å²) in [6, 6.07) is 0.113. The van der Waals surface area contributed by atoms with Crippen molar-refractivity contribution in [2.45, 2.75) is 45.6 Å². The summed E-state index contributed by atoms with van der Waals surface area (Å²) in [5, 5.41) is 7.40. The Morgan fingerprint density at radius 2 is 2.04 bits per heavy atom. The van der Waals surface area contributed by atoms with E-state index in [1.165, 1.54) is 0 Å². The number of piperidine rings is 1. The second-order valence-electron chi connectivity index (χ2n) is 7.81. The first kappa shape index (κ1) is 17.0. The topological polar surface area (TPSA) is 74.5 Å². The van der Waals surface area contributed by atoms with E-state index in [4.69, 9.17) is 4.52 Å². The normalized spacial score (nSPS) is 27.4. The van der Waals surface area contributed by atoms with Gasteiger partial charge in [0.1, 0.15) is 0 Å². The summed E-state index contributed by atoms with van der Waals surface area (Å²) < 4.78 is 5.38. The van der Waals surface area contributed by atoms with Crippen molar-refractivity contribution in [3.05, 3.63) is 11.7 Å². The van der Waals surface area contributed by atoms with Crippen molar-refractivity contribution < 1.29 is 9.32 Å². The summed E-state index contributed by atoms with van der Waals surface area (Å²) in [7, 11) is 0. The number of carbonyl (C=O) groups is 1. The molecule has 1 saturated carbocycles. The number of rotatable bonds is 4. The molecule has 1 spiro atoms. The minimum Gasteiger partial charge on any atom is -0.340 e. The summed E-state index contributed by atoms with van der Waals surface area (Å²) in [5.74, 6) is 2.12. The quantitative estimate of drug-likeness (QED) is 0.883. The van der Waals surface area contributed by atoms with Gasteiger partial charge >= 0.3 is 0 Å². The Hall–Kier alpha value is -1.47. The van der Waals surface area contributed by atoms with E-state index in [0.29, 0.717) is 17.2 Å². The molecule has 3 aliphatic rings. The number of aromatic nitrogens is 2. The van der Waals surface area contributed by atoms with Gasteiger partial charge in [0.05, 0.1) is 6.04 Å². The number of piperazine rings is 1. The maximum atomic E-state index is 12.9. The first-order valence-corrected chi connectivity index (χ1v) is 9.69. The van der Waals surface area contributed by atoms with E-state index in [1.54, 1.807) is 0 Å². The van der Waals surface area contributed by atoms with Gasteiger partial charge in [-0.25, -0.2) is 0 Å². The molecule has 2 atom stereocenters. The molecule has 7 heteroatoms. The predicted octanol–water partition coefficient (Wildman–Crippen LogP) is 1.23. The van der Waals surface area contributed by atoms with E-state index in [0.717, 1.165) is 70.8 Å². The molecule has 1 aliphatic carbocycles. The van der Waals surface area contributed by atoms with Crippen LogP contribution >= 0.6 is 0 Å². The zero-order chi connectivity index (χ0) is 17.4. The lowest BCUT2D eigenvalue weighted by Gasteiger charge is -2.37. The molecule has 138 valence electrons. The van der Waals surface area contributed by atoms with Crippen molar-refractivity contribution in [2.75, 3.05) is 39.3 Å². The van der Waals surface area contributed by atoms with Crippen molar-refractivity contribution in [1.29, 1.82) is 0 Å². The molecule has 1 N–H and O–H groups in total. The molecule has 3 heterocycles. The molecule has 1 aromatic rings. The molecule has 7 nitrogen and oxygen atoms in total. The molecular weight excluding hydrogens is 318 g/mol. The zero-order valence-corrected chi connectivity index (χ0v) is 15.3. The van der Waals surface area contributed by atoms with E-state index >= 15 is 0 Å². The highest BCUT2D eigenvalue weighted by Crippen LogP contribution is 2.59. The second kappa shape index (κ2) is 6.68. The van der Waals surface area contributed by atoms with E-state index in [-0.39, 0.29) is 12.0 Å². The fourth-order valence-electron chi connectivity index (χ4n) is 4.46. The van der Waals surface area contributed by atoms with Crippen LogP contribution in [-0.4, -0.2) is 65.1 Å². The van der Waals surface area contributed by atoms with Crippen LogP contribution in [0.25, 0.3) is 0 Å². The molecule has 1 aromatic heterocycles. The van der Waals surface area contributed by atoms with Crippen LogP contribution in [0.2, 0.25) is 0 Å². The summed E-state index contributed by atoms with van der Waals surface area (Å²) in [6.45, 7) is 9.63. The van der Waals surface area contributed by atoms with Gasteiger partial charge in [0.2, 0.25) is 11.8 Å². The number of amides is 1. The molecule has 4 rings (SSSR count). The Labute approximate surface area is 149 Å². The van der Waals surface area contributed by atoms with Crippen molar-refractivity contribution in [1.82, 2.24) is 25.3 Å². The lowest BCUT2D eigenvalue weighted by atomic mass is 9.91. The molecule has 2 unspecified atom stereocenters. The number of nitrogens with one attached hydrogen (secondary N) is 1. The largest absolute Gasteiger partial charge is 0.340 e. The monoisotopic (exact) mass is 347 g/mol. The minimum absolute atomic E-state index is 0.113. The maximum absolute atomic E-state index is 12.9. The molecular formula is C18H29N5O2. The van der Waals surface area contributed by atoms with Gasteiger partial charge in [-0.1, -0.05) is 12.1 Å². The molecule has 3 fully saturated rings. The molecule has 0 aromatic carbocycles. The van der Waals surface area contributed by atoms with Gasteiger partial charge in [0.25, 0.3) is 0 Å². The third-order valence-corrected chi connectivity index (χ3v) is 6.42. The van der Waals surface area contributed by atoms with Crippen LogP contribution in [0.5, 0.6) is 0 Å². The minimum atomic E-state index is 0.113. The first-order valence-electron chi connectivity index (χ1n) is 9.69. The maximum Gasteiger partial charge on any atom is 0.243 e. The van der Waals surface area contributed by atoms with Gasteiger partial charge < -0.3 is 14.7 Å². The Morgan fingerprint density at radius 3 is 2.68 bits per heavy atom. The van der Waals surface area contributed by atoms with Crippen molar-refractivity contribution in [2.24, 2.45) is 11.3 Å². The third-order valence-electron chi connectivity index (χ3n) is 6.42. The zero-order valence-electron chi connectivity index (χ0n) is 15.3. The highest BCUT2D eigenvalue weighted by Gasteiger charge is 2.58. The molecule has 1 amide bonds. The van der Waals surface area contributed by atoms with Gasteiger partial charge in [-0.05, 0) is 44.7 Å². The molecule has 2 aliphatic heterocycles. The van der Waals surface area contributed by atoms with Crippen molar-refractivity contribution >= 4 is 5.91 Å². The Kier molecular flexibility index (Phi) is 4.54. The van der Waals surface area contributed by atoms with Crippen LogP contribution in [0.3, 0.4) is 0 Å². The smallest absolute Gasteiger partial charge is 0.243 e. The fourth-order valence-corrected chi connectivity index (χ4v) is 4.46. The van der Waals surface area contributed by atoms with Crippen LogP contribution in [0.4, 0.5) is 0 Å². The van der Waals surface area contributed by atoms with Crippen LogP contribution < -0.4 is 5.32 Å². The highest BCUT2D eigenvalue weighted by molar-refractivity contribution is 5.83. The van der Waals surface area contributed by atoms with E-state index in [2.05, 4.69) is 32.2 Å². The first-order chi connectivity index (χ1) is 12.1. The van der Waals surface area contributed by atoms with Gasteiger partial charge in [-0.15, -0.1) is 0 Å². The highest BCUT2D eigenvalue weighted by atomic mass is 16.5. The predicted molar refractivity (Wildman–Crippen MR) is 92.9 cm³/mol. The standard InChI is InChI=1S/C18H29N5O2/c1-3-15-20-16(25-21-15)13(2)22-8-10-23(11-9-22)17(24)14-12-18(14)4-6-19-7-5-18/h13-14,19H,3-12H2,1-2H3. The number of hydrogen-bond donors (Lipinski definition) is 1. The van der Waals surface area contributed by atoms with Gasteiger partial charge in [-0.3, -0.25) is 9.69 Å². The summed E-state index contributed by atoms with van der Waals surface area (Å²) >= 11 is 0. The Morgan fingerprint density at radius 1 is 1.32 bits per heavy atom. The van der Waals surface area contributed by atoms with Gasteiger partial charge in [-0.2, -0.15) is 4.98 Å². The summed E-state index contributed by atoms with van der Waals surface area (Å²) in [4.78, 5) is 21.7. The number of carbonyl (C=O) groups excluding carboxylic acids is 1. The Bertz CT molecular complexity index is 617. The molecule has 0 bridgehead atoms. The number of nitrogens with zero attached hydrogens (tertiary/aromatic N) is 4. The average Bonchev–Trinajstić information content (AvgIpc) is 3.13. The molecule has 2 saturated heterocycles. The summed E-state index contributed by atoms with van der Waals surface area (Å²) in [6.07, 6.45) is 4.22. The SMILES string of the molecule is CCc1noc(C(C)N2CCN(C(=O)C3CC34CCNCC4)CC2)n1. The van der Waals surface area contributed by atoms with Gasteiger partial charge in [0, 0.05) is 38.5 Å². The second-order valence-corrected chi connectivity index (χ2v) is 7.81. The Balaban J connectivity index is 1.30. The number of aryl methyl sites for hydroxylation is 1. The van der Waals surface area contributed by atoms with Crippen LogP contribution in [-0.2, 0) is 11.2 Å².